The molecule has 0 fully saturated rings. The first kappa shape index (κ1) is 21.1. The van der Waals surface area contributed by atoms with E-state index in [1.54, 1.807) is 0 Å². The molecule has 0 radical (unpaired) electrons. The summed E-state index contributed by atoms with van der Waals surface area (Å²) in [6, 6.07) is 3.95. The summed E-state index contributed by atoms with van der Waals surface area (Å²) in [7, 11) is -14.3. The number of rotatable bonds is 4. The number of nitrogens with zero attached hydrogens (tertiary/aromatic N) is 2. The van der Waals surface area contributed by atoms with E-state index in [1.165, 1.54) is 25.1 Å². The summed E-state index contributed by atoms with van der Waals surface area (Å²) < 4.78 is 119. The van der Waals surface area contributed by atoms with Crippen molar-refractivity contribution >= 4 is 26.0 Å². The maximum Gasteiger partial charge on any atom is 0.517 e. The fourth-order valence-corrected chi connectivity index (χ4v) is 4.10. The van der Waals surface area contributed by atoms with E-state index in [9.17, 15) is 48.0 Å². The van der Waals surface area contributed by atoms with Crippen LogP contribution in [0.2, 0.25) is 0 Å². The van der Waals surface area contributed by atoms with Crippen molar-refractivity contribution in [2.75, 3.05) is 0 Å². The Morgan fingerprint density at radius 3 is 1.80 bits per heavy atom. The zero-order valence-electron chi connectivity index (χ0n) is 12.0. The van der Waals surface area contributed by atoms with Crippen LogP contribution in [0.5, 0.6) is 0 Å². The number of hydrogen-bond donors (Lipinski definition) is 0. The van der Waals surface area contributed by atoms with E-state index < -0.39 is 47.2 Å². The molecule has 0 aliphatic carbocycles. The zero-order chi connectivity index (χ0) is 19.8. The van der Waals surface area contributed by atoms with E-state index in [1.807, 2.05) is 0 Å². The monoisotopic (exact) mass is 415 g/mol. The summed E-state index contributed by atoms with van der Waals surface area (Å²) in [5, 5.41) is 0. The number of amides is 1. The van der Waals surface area contributed by atoms with Crippen molar-refractivity contribution in [3.8, 4) is 0 Å². The standard InChI is InChI=1S/C10H9F6N2O5S2/c1-7-4-2-3-5-17(7)6-8(19)18(24(20,21)9(11,12)13)25(22,23)10(14,15)16/h2-5H,6H2,1H3/q+1. The molecule has 0 aromatic carbocycles. The van der Waals surface area contributed by atoms with Gasteiger partial charge in [0.2, 0.25) is 6.54 Å². The smallest absolute Gasteiger partial charge is 0.265 e. The quantitative estimate of drug-likeness (QED) is 0.536. The number of pyridine rings is 1. The number of alkyl halides is 6. The van der Waals surface area contributed by atoms with Crippen LogP contribution in [0.4, 0.5) is 26.3 Å². The van der Waals surface area contributed by atoms with E-state index in [0.717, 1.165) is 10.8 Å². The van der Waals surface area contributed by atoms with Gasteiger partial charge in [0.1, 0.15) is 0 Å². The first-order chi connectivity index (χ1) is 11.0. The first-order valence-electron chi connectivity index (χ1n) is 5.94. The maximum absolute atomic E-state index is 12.6. The average molecular weight is 415 g/mol. The van der Waals surface area contributed by atoms with Crippen LogP contribution in [0.25, 0.3) is 0 Å². The largest absolute Gasteiger partial charge is 0.517 e. The third-order valence-electron chi connectivity index (χ3n) is 2.70. The summed E-state index contributed by atoms with van der Waals surface area (Å²) in [5.41, 5.74) is -12.8. The Morgan fingerprint density at radius 2 is 1.44 bits per heavy atom. The van der Waals surface area contributed by atoms with Gasteiger partial charge in [-0.05, 0) is 0 Å². The van der Waals surface area contributed by atoms with Crippen LogP contribution in [-0.4, -0.2) is 37.5 Å². The van der Waals surface area contributed by atoms with E-state index in [-0.39, 0.29) is 5.69 Å². The van der Waals surface area contributed by atoms with Gasteiger partial charge in [-0.1, -0.05) is 6.07 Å². The lowest BCUT2D eigenvalue weighted by molar-refractivity contribution is -0.690. The van der Waals surface area contributed by atoms with Gasteiger partial charge >= 0.3 is 37.0 Å². The second kappa shape index (κ2) is 6.44. The van der Waals surface area contributed by atoms with Crippen LogP contribution < -0.4 is 4.57 Å². The fraction of sp³-hybridized carbons (Fsp3) is 0.400. The van der Waals surface area contributed by atoms with Gasteiger partial charge in [-0.25, -0.2) is 0 Å². The fourth-order valence-electron chi connectivity index (χ4n) is 1.53. The van der Waals surface area contributed by atoms with Gasteiger partial charge in [0, 0.05) is 19.1 Å². The van der Waals surface area contributed by atoms with Crippen molar-refractivity contribution in [2.24, 2.45) is 0 Å². The highest BCUT2D eigenvalue weighted by molar-refractivity contribution is 8.05. The zero-order valence-corrected chi connectivity index (χ0v) is 13.7. The van der Waals surface area contributed by atoms with E-state index in [2.05, 4.69) is 0 Å². The highest BCUT2D eigenvalue weighted by Gasteiger charge is 2.64. The molecule has 0 saturated heterocycles. The normalized spacial score (nSPS) is 13.6. The van der Waals surface area contributed by atoms with Gasteiger partial charge in [-0.3, -0.25) is 4.79 Å². The van der Waals surface area contributed by atoms with Crippen molar-refractivity contribution in [3.05, 3.63) is 30.1 Å². The predicted molar refractivity (Wildman–Crippen MR) is 68.2 cm³/mol. The lowest BCUT2D eigenvalue weighted by atomic mass is 10.3. The Bertz CT molecular complexity index is 832. The first-order valence-corrected chi connectivity index (χ1v) is 8.82. The molecule has 0 atom stereocenters. The van der Waals surface area contributed by atoms with Gasteiger partial charge in [-0.15, -0.1) is 3.71 Å². The molecule has 142 valence electrons. The van der Waals surface area contributed by atoms with Crippen LogP contribution in [0.15, 0.2) is 24.4 Å². The van der Waals surface area contributed by atoms with Crippen LogP contribution in [0, 0.1) is 6.92 Å². The average Bonchev–Trinajstić information content (AvgIpc) is 2.38. The van der Waals surface area contributed by atoms with Crippen molar-refractivity contribution < 1.29 is 52.5 Å². The molecule has 0 N–H and O–H groups in total. The van der Waals surface area contributed by atoms with E-state index in [4.69, 9.17) is 0 Å². The molecule has 1 aromatic rings. The van der Waals surface area contributed by atoms with Crippen LogP contribution >= 0.6 is 0 Å². The van der Waals surface area contributed by atoms with Gasteiger partial charge in [0.15, 0.2) is 11.9 Å². The minimum Gasteiger partial charge on any atom is -0.265 e. The molecule has 0 spiro atoms. The highest BCUT2D eigenvalue weighted by atomic mass is 32.3. The summed E-state index contributed by atoms with van der Waals surface area (Å²) in [6.45, 7) is -0.0918. The molecule has 1 heterocycles. The SMILES string of the molecule is Cc1cccc[n+]1CC(=O)N(S(=O)(=O)C(F)(F)F)S(=O)(=O)C(F)(F)F. The Kier molecular flexibility index (Phi) is 5.44. The second-order valence-electron chi connectivity index (χ2n) is 4.46. The summed E-state index contributed by atoms with van der Waals surface area (Å²) >= 11 is 0. The molecule has 1 aromatic heterocycles. The molecule has 0 aliphatic rings. The number of halogens is 6. The number of carbonyl (C=O) groups excluding carboxylic acids is 1. The van der Waals surface area contributed by atoms with Crippen molar-refractivity contribution in [1.82, 2.24) is 3.71 Å². The van der Waals surface area contributed by atoms with Crippen LogP contribution in [0.3, 0.4) is 0 Å². The number of carbonyl (C=O) groups is 1. The van der Waals surface area contributed by atoms with Crippen LogP contribution in [0.1, 0.15) is 5.69 Å². The molecule has 25 heavy (non-hydrogen) atoms. The van der Waals surface area contributed by atoms with Crippen molar-refractivity contribution in [2.45, 2.75) is 24.5 Å². The molecule has 1 rings (SSSR count). The molecule has 1 amide bonds. The van der Waals surface area contributed by atoms with E-state index in [0.29, 0.717) is 0 Å². The topological polar surface area (TPSA) is 92.5 Å². The molecular formula is C10H9F6N2O5S2+. The Balaban J connectivity index is 3.54. The van der Waals surface area contributed by atoms with Crippen molar-refractivity contribution in [3.63, 3.8) is 0 Å². The molecule has 7 nitrogen and oxygen atoms in total. The minimum absolute atomic E-state index is 0.143. The number of sulfonamides is 2. The molecule has 0 saturated carbocycles. The predicted octanol–water partition coefficient (Wildman–Crippen LogP) is 0.810. The summed E-state index contributed by atoms with van der Waals surface area (Å²) in [6.07, 6.45) is 1.03. The molecule has 0 unspecified atom stereocenters. The minimum atomic E-state index is -7.15. The number of hydrogen-bond acceptors (Lipinski definition) is 5. The van der Waals surface area contributed by atoms with Gasteiger partial charge in [0.05, 0.1) is 0 Å². The Hall–Kier alpha value is -1.90. The maximum atomic E-state index is 12.6. The summed E-state index contributed by atoms with van der Waals surface area (Å²) in [4.78, 5) is 11.8. The Labute approximate surface area is 137 Å². The molecular weight excluding hydrogens is 406 g/mol. The third-order valence-corrected chi connectivity index (χ3v) is 6.33. The summed E-state index contributed by atoms with van der Waals surface area (Å²) in [5.74, 6) is -2.45. The third kappa shape index (κ3) is 4.02. The van der Waals surface area contributed by atoms with Crippen LogP contribution in [-0.2, 0) is 31.4 Å². The molecule has 0 bridgehead atoms. The van der Waals surface area contributed by atoms with Gasteiger partial charge < -0.3 is 0 Å². The highest BCUT2D eigenvalue weighted by Crippen LogP contribution is 2.35. The van der Waals surface area contributed by atoms with E-state index >= 15 is 0 Å². The lowest BCUT2D eigenvalue weighted by Gasteiger charge is -2.22. The molecule has 0 aliphatic heterocycles. The van der Waals surface area contributed by atoms with Crippen molar-refractivity contribution in [1.29, 1.82) is 0 Å². The lowest BCUT2D eigenvalue weighted by Crippen LogP contribution is -2.56. The number of aryl methyl sites for hydroxylation is 1. The second-order valence-corrected chi connectivity index (χ2v) is 8.25. The van der Waals surface area contributed by atoms with Gasteiger partial charge in [-0.2, -0.15) is 47.7 Å². The molecule has 15 heteroatoms. The Morgan fingerprint density at radius 1 is 1.00 bits per heavy atom. The van der Waals surface area contributed by atoms with Gasteiger partial charge in [0.25, 0.3) is 0 Å². The number of aromatic nitrogens is 1.